The Labute approximate surface area is 97.4 Å². The van der Waals surface area contributed by atoms with Gasteiger partial charge >= 0.3 is 0 Å². The molecule has 1 atom stereocenters. The smallest absolute Gasteiger partial charge is 0.0234 e. The number of likely N-dealkylation sites (tertiary alicyclic amines) is 1. The molecular formula is C14H20N2. The van der Waals surface area contributed by atoms with Crippen molar-refractivity contribution in [1.82, 2.24) is 4.90 Å². The minimum atomic E-state index is 0.394. The van der Waals surface area contributed by atoms with Crippen LogP contribution in [-0.2, 0) is 6.54 Å². The molecule has 0 amide bonds. The maximum Gasteiger partial charge on any atom is 0.0234 e. The first-order valence-electron chi connectivity index (χ1n) is 6.38. The van der Waals surface area contributed by atoms with E-state index in [4.69, 9.17) is 5.73 Å². The fourth-order valence-electron chi connectivity index (χ4n) is 2.58. The lowest BCUT2D eigenvalue weighted by atomic mass is 10.1. The molecule has 1 aliphatic heterocycles. The number of benzene rings is 1. The molecule has 2 aliphatic rings. The first-order chi connectivity index (χ1) is 7.81. The topological polar surface area (TPSA) is 29.3 Å². The van der Waals surface area contributed by atoms with E-state index in [2.05, 4.69) is 29.2 Å². The van der Waals surface area contributed by atoms with Gasteiger partial charge in [-0.3, -0.25) is 4.90 Å². The van der Waals surface area contributed by atoms with Crippen LogP contribution in [0.15, 0.2) is 24.3 Å². The van der Waals surface area contributed by atoms with E-state index in [-0.39, 0.29) is 0 Å². The maximum atomic E-state index is 5.91. The highest BCUT2D eigenvalue weighted by Crippen LogP contribution is 2.39. The second-order valence-electron chi connectivity index (χ2n) is 5.30. The third kappa shape index (κ3) is 2.28. The van der Waals surface area contributed by atoms with Gasteiger partial charge in [-0.2, -0.15) is 0 Å². The van der Waals surface area contributed by atoms with Crippen LogP contribution in [0.25, 0.3) is 0 Å². The molecule has 0 spiro atoms. The molecule has 1 saturated carbocycles. The lowest BCUT2D eigenvalue weighted by Crippen LogP contribution is -2.26. The Bertz CT molecular complexity index is 354. The summed E-state index contributed by atoms with van der Waals surface area (Å²) >= 11 is 0. The Morgan fingerprint density at radius 3 is 2.44 bits per heavy atom. The quantitative estimate of drug-likeness (QED) is 0.838. The maximum absolute atomic E-state index is 5.91. The van der Waals surface area contributed by atoms with Crippen molar-refractivity contribution < 1.29 is 0 Å². The van der Waals surface area contributed by atoms with Crippen molar-refractivity contribution in [1.29, 1.82) is 0 Å². The average Bonchev–Trinajstić information content (AvgIpc) is 3.05. The zero-order valence-corrected chi connectivity index (χ0v) is 9.73. The van der Waals surface area contributed by atoms with Crippen LogP contribution in [0.3, 0.4) is 0 Å². The molecule has 2 fully saturated rings. The lowest BCUT2D eigenvalue weighted by molar-refractivity contribution is 0.327. The fraction of sp³-hybridized carbons (Fsp3) is 0.571. The molecule has 16 heavy (non-hydrogen) atoms. The highest BCUT2D eigenvalue weighted by Gasteiger charge is 2.23. The van der Waals surface area contributed by atoms with Gasteiger partial charge in [0.05, 0.1) is 0 Å². The third-order valence-electron chi connectivity index (χ3n) is 3.74. The van der Waals surface area contributed by atoms with E-state index in [1.807, 2.05) is 0 Å². The minimum Gasteiger partial charge on any atom is -0.326 e. The van der Waals surface area contributed by atoms with Crippen molar-refractivity contribution in [3.05, 3.63) is 35.4 Å². The van der Waals surface area contributed by atoms with Gasteiger partial charge in [-0.1, -0.05) is 24.3 Å². The largest absolute Gasteiger partial charge is 0.326 e. The van der Waals surface area contributed by atoms with Crippen molar-refractivity contribution in [2.45, 2.75) is 37.8 Å². The van der Waals surface area contributed by atoms with E-state index < -0.39 is 0 Å². The van der Waals surface area contributed by atoms with Gasteiger partial charge in [-0.15, -0.1) is 0 Å². The van der Waals surface area contributed by atoms with E-state index in [9.17, 15) is 0 Å². The Hall–Kier alpha value is -0.860. The Morgan fingerprint density at radius 1 is 1.12 bits per heavy atom. The van der Waals surface area contributed by atoms with Crippen LogP contribution in [0.4, 0.5) is 0 Å². The first kappa shape index (κ1) is 10.3. The molecule has 1 aromatic carbocycles. The molecule has 1 heterocycles. The molecule has 2 nitrogen and oxygen atoms in total. The van der Waals surface area contributed by atoms with E-state index in [1.165, 1.54) is 24.0 Å². The molecule has 2 heteroatoms. The molecule has 3 rings (SSSR count). The summed E-state index contributed by atoms with van der Waals surface area (Å²) in [5, 5.41) is 0. The number of hydrogen-bond donors (Lipinski definition) is 1. The van der Waals surface area contributed by atoms with Crippen molar-refractivity contribution >= 4 is 0 Å². The standard InChI is InChI=1S/C14H20N2/c15-14-7-8-16(10-14)9-11-1-3-12(4-2-11)13-5-6-13/h1-4,13-14H,5-10,15H2. The molecule has 0 radical (unpaired) electrons. The number of nitrogens with two attached hydrogens (primary N) is 1. The second kappa shape index (κ2) is 4.19. The average molecular weight is 216 g/mol. The fourth-order valence-corrected chi connectivity index (χ4v) is 2.58. The normalized spacial score (nSPS) is 26.2. The summed E-state index contributed by atoms with van der Waals surface area (Å²) in [6.45, 7) is 3.29. The number of nitrogens with zero attached hydrogens (tertiary/aromatic N) is 1. The lowest BCUT2D eigenvalue weighted by Gasteiger charge is -2.15. The SMILES string of the molecule is NC1CCN(Cc2ccc(C3CC3)cc2)C1. The number of rotatable bonds is 3. The zero-order chi connectivity index (χ0) is 11.0. The van der Waals surface area contributed by atoms with Gasteiger partial charge in [0.2, 0.25) is 0 Å². The molecule has 86 valence electrons. The molecule has 1 aromatic rings. The van der Waals surface area contributed by atoms with Gasteiger partial charge in [0, 0.05) is 25.7 Å². The summed E-state index contributed by atoms with van der Waals surface area (Å²) in [6, 6.07) is 9.59. The molecular weight excluding hydrogens is 196 g/mol. The Morgan fingerprint density at radius 2 is 1.88 bits per heavy atom. The van der Waals surface area contributed by atoms with E-state index in [0.29, 0.717) is 6.04 Å². The van der Waals surface area contributed by atoms with Crippen LogP contribution in [0.5, 0.6) is 0 Å². The molecule has 2 N–H and O–H groups in total. The predicted molar refractivity (Wildman–Crippen MR) is 66.3 cm³/mol. The third-order valence-corrected chi connectivity index (χ3v) is 3.74. The van der Waals surface area contributed by atoms with Crippen LogP contribution < -0.4 is 5.73 Å². The summed E-state index contributed by atoms with van der Waals surface area (Å²) < 4.78 is 0. The molecule has 1 aliphatic carbocycles. The van der Waals surface area contributed by atoms with Crippen molar-refractivity contribution in [2.24, 2.45) is 5.73 Å². The summed E-state index contributed by atoms with van der Waals surface area (Å²) in [5.41, 5.74) is 8.87. The molecule has 1 saturated heterocycles. The van der Waals surface area contributed by atoms with Crippen LogP contribution in [0.1, 0.15) is 36.3 Å². The summed E-state index contributed by atoms with van der Waals surface area (Å²) in [5.74, 6) is 0.870. The van der Waals surface area contributed by atoms with Gasteiger partial charge in [0.25, 0.3) is 0 Å². The summed E-state index contributed by atoms with van der Waals surface area (Å²) in [4.78, 5) is 2.46. The Balaban J connectivity index is 1.61. The highest BCUT2D eigenvalue weighted by atomic mass is 15.2. The van der Waals surface area contributed by atoms with Crippen LogP contribution in [0, 0.1) is 0 Å². The number of hydrogen-bond acceptors (Lipinski definition) is 2. The van der Waals surface area contributed by atoms with Gasteiger partial charge in [-0.05, 0) is 36.3 Å². The minimum absolute atomic E-state index is 0.394. The molecule has 0 aromatic heterocycles. The van der Waals surface area contributed by atoms with Gasteiger partial charge in [-0.25, -0.2) is 0 Å². The van der Waals surface area contributed by atoms with E-state index in [0.717, 1.165) is 32.0 Å². The molecule has 1 unspecified atom stereocenters. The van der Waals surface area contributed by atoms with Crippen molar-refractivity contribution in [2.75, 3.05) is 13.1 Å². The van der Waals surface area contributed by atoms with Crippen molar-refractivity contribution in [3.8, 4) is 0 Å². The van der Waals surface area contributed by atoms with Crippen molar-refractivity contribution in [3.63, 3.8) is 0 Å². The monoisotopic (exact) mass is 216 g/mol. The van der Waals surface area contributed by atoms with Crippen LogP contribution in [0.2, 0.25) is 0 Å². The zero-order valence-electron chi connectivity index (χ0n) is 9.73. The van der Waals surface area contributed by atoms with Gasteiger partial charge in [0.15, 0.2) is 0 Å². The summed E-state index contributed by atoms with van der Waals surface area (Å²) in [6.07, 6.45) is 3.93. The molecule has 0 bridgehead atoms. The van der Waals surface area contributed by atoms with E-state index >= 15 is 0 Å². The predicted octanol–water partition coefficient (Wildman–Crippen LogP) is 2.10. The van der Waals surface area contributed by atoms with Gasteiger partial charge in [0.1, 0.15) is 0 Å². The summed E-state index contributed by atoms with van der Waals surface area (Å²) in [7, 11) is 0. The van der Waals surface area contributed by atoms with Gasteiger partial charge < -0.3 is 5.73 Å². The second-order valence-corrected chi connectivity index (χ2v) is 5.30. The van der Waals surface area contributed by atoms with E-state index in [1.54, 1.807) is 0 Å². The van der Waals surface area contributed by atoms with Crippen LogP contribution in [-0.4, -0.2) is 24.0 Å². The Kier molecular flexibility index (Phi) is 2.70. The highest BCUT2D eigenvalue weighted by molar-refractivity contribution is 5.28. The van der Waals surface area contributed by atoms with Crippen LogP contribution >= 0.6 is 0 Å². The first-order valence-corrected chi connectivity index (χ1v) is 6.38.